The van der Waals surface area contributed by atoms with E-state index in [0.717, 1.165) is 0 Å². The van der Waals surface area contributed by atoms with Gasteiger partial charge >= 0.3 is 0 Å². The van der Waals surface area contributed by atoms with Crippen molar-refractivity contribution in [2.75, 3.05) is 0 Å². The minimum atomic E-state index is -2.60. The largest absolute Gasteiger partial charge is 0.280 e. The fraction of sp³-hybridized carbons (Fsp3) is 0.250. The molecule has 2 nitrogen and oxygen atoms in total. The first-order valence-electron chi connectivity index (χ1n) is 3.34. The molecule has 62 valence electrons. The lowest BCUT2D eigenvalue weighted by Gasteiger charge is -2.02. The van der Waals surface area contributed by atoms with Crippen LogP contribution in [0.1, 0.15) is 17.7 Å². The SMILES string of the molecule is N#CCc1cccnc1C(F)F. The summed E-state index contributed by atoms with van der Waals surface area (Å²) in [5.41, 5.74) is 0.00838. The van der Waals surface area contributed by atoms with Gasteiger partial charge < -0.3 is 0 Å². The molecule has 0 aliphatic heterocycles. The molecule has 0 amide bonds. The van der Waals surface area contributed by atoms with Crippen molar-refractivity contribution in [3.8, 4) is 6.07 Å². The van der Waals surface area contributed by atoms with E-state index in [-0.39, 0.29) is 12.1 Å². The molecule has 1 heterocycles. The van der Waals surface area contributed by atoms with Gasteiger partial charge in [-0.15, -0.1) is 0 Å². The summed E-state index contributed by atoms with van der Waals surface area (Å²) in [5, 5.41) is 8.30. The summed E-state index contributed by atoms with van der Waals surface area (Å²) in [6.07, 6.45) is -1.33. The average Bonchev–Trinajstić information content (AvgIpc) is 2.05. The van der Waals surface area contributed by atoms with E-state index < -0.39 is 6.43 Å². The Labute approximate surface area is 68.5 Å². The highest BCUT2D eigenvalue weighted by Gasteiger charge is 2.12. The Kier molecular flexibility index (Phi) is 2.70. The van der Waals surface area contributed by atoms with Crippen molar-refractivity contribution in [3.63, 3.8) is 0 Å². The monoisotopic (exact) mass is 168 g/mol. The van der Waals surface area contributed by atoms with Gasteiger partial charge in [0.05, 0.1) is 12.5 Å². The molecule has 1 aromatic rings. The first-order chi connectivity index (χ1) is 5.75. The van der Waals surface area contributed by atoms with E-state index in [9.17, 15) is 8.78 Å². The number of aromatic nitrogens is 1. The summed E-state index contributed by atoms with van der Waals surface area (Å²) in [4.78, 5) is 3.50. The predicted octanol–water partition coefficient (Wildman–Crippen LogP) is 2.09. The Bertz CT molecular complexity index is 304. The van der Waals surface area contributed by atoms with Gasteiger partial charge in [-0.3, -0.25) is 4.98 Å². The Morgan fingerprint density at radius 3 is 2.92 bits per heavy atom. The highest BCUT2D eigenvalue weighted by atomic mass is 19.3. The summed E-state index contributed by atoms with van der Waals surface area (Å²) in [7, 11) is 0. The molecule has 12 heavy (non-hydrogen) atoms. The second-order valence-electron chi connectivity index (χ2n) is 2.18. The molecule has 0 unspecified atom stereocenters. The van der Waals surface area contributed by atoms with Crippen LogP contribution in [0.3, 0.4) is 0 Å². The van der Waals surface area contributed by atoms with Gasteiger partial charge in [-0.25, -0.2) is 8.78 Å². The van der Waals surface area contributed by atoms with Crippen molar-refractivity contribution in [2.24, 2.45) is 0 Å². The van der Waals surface area contributed by atoms with E-state index >= 15 is 0 Å². The van der Waals surface area contributed by atoms with Gasteiger partial charge in [0, 0.05) is 6.20 Å². The van der Waals surface area contributed by atoms with Crippen LogP contribution in [0.2, 0.25) is 0 Å². The fourth-order valence-corrected chi connectivity index (χ4v) is 0.882. The zero-order valence-corrected chi connectivity index (χ0v) is 6.17. The molecule has 0 aliphatic rings. The van der Waals surface area contributed by atoms with E-state index in [2.05, 4.69) is 4.98 Å². The van der Waals surface area contributed by atoms with E-state index in [1.165, 1.54) is 12.3 Å². The van der Waals surface area contributed by atoms with Crippen LogP contribution in [-0.4, -0.2) is 4.98 Å². The molecule has 0 spiro atoms. The quantitative estimate of drug-likeness (QED) is 0.677. The minimum absolute atomic E-state index is 0.0203. The number of nitriles is 1. The number of hydrogen-bond acceptors (Lipinski definition) is 2. The van der Waals surface area contributed by atoms with Crippen molar-refractivity contribution in [1.82, 2.24) is 4.98 Å². The normalized spacial score (nSPS) is 9.83. The van der Waals surface area contributed by atoms with Gasteiger partial charge in [0.1, 0.15) is 5.69 Å². The van der Waals surface area contributed by atoms with Crippen LogP contribution in [0.25, 0.3) is 0 Å². The Morgan fingerprint density at radius 2 is 2.33 bits per heavy atom. The maximum atomic E-state index is 12.2. The van der Waals surface area contributed by atoms with E-state index in [1.54, 1.807) is 12.1 Å². The summed E-state index contributed by atoms with van der Waals surface area (Å²) in [6, 6.07) is 4.83. The first-order valence-corrected chi connectivity index (χ1v) is 3.34. The number of pyridine rings is 1. The average molecular weight is 168 g/mol. The number of alkyl halides is 2. The van der Waals surface area contributed by atoms with Crippen LogP contribution >= 0.6 is 0 Å². The smallest absolute Gasteiger partial charge is 0.255 e. The topological polar surface area (TPSA) is 36.7 Å². The molecular weight excluding hydrogens is 162 g/mol. The van der Waals surface area contributed by atoms with Crippen molar-refractivity contribution in [2.45, 2.75) is 12.8 Å². The second kappa shape index (κ2) is 3.77. The summed E-state index contributed by atoms with van der Waals surface area (Å²) in [5.74, 6) is 0. The lowest BCUT2D eigenvalue weighted by molar-refractivity contribution is 0.145. The molecule has 0 N–H and O–H groups in total. The van der Waals surface area contributed by atoms with Gasteiger partial charge in [0.15, 0.2) is 0 Å². The van der Waals surface area contributed by atoms with Gasteiger partial charge in [0.2, 0.25) is 0 Å². The molecule has 1 aromatic heterocycles. The summed E-state index contributed by atoms with van der Waals surface area (Å²) < 4.78 is 24.4. The molecule has 0 fully saturated rings. The van der Waals surface area contributed by atoms with E-state index in [0.29, 0.717) is 5.56 Å². The summed E-state index contributed by atoms with van der Waals surface area (Å²) in [6.45, 7) is 0. The Balaban J connectivity index is 3.02. The Morgan fingerprint density at radius 1 is 1.58 bits per heavy atom. The third kappa shape index (κ3) is 1.76. The molecule has 0 saturated heterocycles. The standard InChI is InChI=1S/C8H6F2N2/c9-8(10)7-6(3-4-11)2-1-5-12-7/h1-2,5,8H,3H2. The van der Waals surface area contributed by atoms with Crippen molar-refractivity contribution in [1.29, 1.82) is 5.26 Å². The molecule has 0 bridgehead atoms. The number of hydrogen-bond donors (Lipinski definition) is 0. The molecule has 0 aromatic carbocycles. The Hall–Kier alpha value is -1.50. The number of nitrogens with zero attached hydrogens (tertiary/aromatic N) is 2. The third-order valence-corrected chi connectivity index (χ3v) is 1.40. The van der Waals surface area contributed by atoms with E-state index in [1.807, 2.05) is 0 Å². The van der Waals surface area contributed by atoms with Crippen LogP contribution in [0.5, 0.6) is 0 Å². The zero-order valence-electron chi connectivity index (χ0n) is 6.17. The molecule has 0 atom stereocenters. The van der Waals surface area contributed by atoms with Crippen molar-refractivity contribution in [3.05, 3.63) is 29.6 Å². The molecule has 0 saturated carbocycles. The van der Waals surface area contributed by atoms with E-state index in [4.69, 9.17) is 5.26 Å². The van der Waals surface area contributed by atoms with Crippen molar-refractivity contribution >= 4 is 0 Å². The zero-order chi connectivity index (χ0) is 8.97. The molecule has 0 aliphatic carbocycles. The summed E-state index contributed by atoms with van der Waals surface area (Å²) >= 11 is 0. The predicted molar refractivity (Wildman–Crippen MR) is 38.5 cm³/mol. The highest BCUT2D eigenvalue weighted by molar-refractivity contribution is 5.23. The molecular formula is C8H6F2N2. The maximum absolute atomic E-state index is 12.2. The molecule has 1 rings (SSSR count). The lowest BCUT2D eigenvalue weighted by atomic mass is 10.1. The van der Waals surface area contributed by atoms with Gasteiger partial charge in [-0.05, 0) is 11.6 Å². The maximum Gasteiger partial charge on any atom is 0.280 e. The number of halogens is 2. The molecule has 0 radical (unpaired) electrons. The van der Waals surface area contributed by atoms with Gasteiger partial charge in [-0.1, -0.05) is 6.07 Å². The minimum Gasteiger partial charge on any atom is -0.255 e. The van der Waals surface area contributed by atoms with Crippen molar-refractivity contribution < 1.29 is 8.78 Å². The van der Waals surface area contributed by atoms with Crippen LogP contribution in [0.4, 0.5) is 8.78 Å². The first kappa shape index (κ1) is 8.60. The van der Waals surface area contributed by atoms with Gasteiger partial charge in [0.25, 0.3) is 6.43 Å². The lowest BCUT2D eigenvalue weighted by Crippen LogP contribution is -1.96. The van der Waals surface area contributed by atoms with Crippen LogP contribution in [-0.2, 0) is 6.42 Å². The fourth-order valence-electron chi connectivity index (χ4n) is 0.882. The number of rotatable bonds is 2. The highest BCUT2D eigenvalue weighted by Crippen LogP contribution is 2.19. The van der Waals surface area contributed by atoms with Gasteiger partial charge in [-0.2, -0.15) is 5.26 Å². The second-order valence-corrected chi connectivity index (χ2v) is 2.18. The third-order valence-electron chi connectivity index (χ3n) is 1.40. The molecule has 4 heteroatoms. The van der Waals surface area contributed by atoms with Crippen LogP contribution in [0.15, 0.2) is 18.3 Å². The van der Waals surface area contributed by atoms with Crippen LogP contribution in [0, 0.1) is 11.3 Å². The van der Waals surface area contributed by atoms with Crippen LogP contribution < -0.4 is 0 Å².